The Hall–Kier alpha value is -4.02. The van der Waals surface area contributed by atoms with Crippen LogP contribution in [0.4, 0.5) is 5.69 Å². The molecule has 0 fully saturated rings. The number of aromatic amines is 1. The summed E-state index contributed by atoms with van der Waals surface area (Å²) in [6.45, 7) is 4.98. The highest BCUT2D eigenvalue weighted by Gasteiger charge is 2.41. The Bertz CT molecular complexity index is 1730. The minimum Gasteiger partial charge on any atom is -0.478 e. The Balaban J connectivity index is 1.37. The number of tetrazole rings is 1. The molecule has 0 saturated heterocycles. The van der Waals surface area contributed by atoms with E-state index in [0.29, 0.717) is 11.5 Å². The van der Waals surface area contributed by atoms with Crippen LogP contribution in [0.3, 0.4) is 0 Å². The van der Waals surface area contributed by atoms with Crippen LogP contribution in [0.2, 0.25) is 0 Å². The van der Waals surface area contributed by atoms with Crippen LogP contribution in [0.1, 0.15) is 46.4 Å². The van der Waals surface area contributed by atoms with Gasteiger partial charge in [0.25, 0.3) is 0 Å². The van der Waals surface area contributed by atoms with Gasteiger partial charge in [0.2, 0.25) is 5.82 Å². The highest BCUT2D eigenvalue weighted by atomic mass is 79.9. The molecule has 0 aliphatic heterocycles. The van der Waals surface area contributed by atoms with Gasteiger partial charge in [0.05, 0.1) is 11.7 Å². The van der Waals surface area contributed by atoms with Gasteiger partial charge in [-0.05, 0) is 65.1 Å². The quantitative estimate of drug-likeness (QED) is 0.180. The first-order valence-corrected chi connectivity index (χ1v) is 14.5. The molecule has 3 aromatic carbocycles. The van der Waals surface area contributed by atoms with E-state index in [4.69, 9.17) is 0 Å². The molecule has 200 valence electrons. The van der Waals surface area contributed by atoms with Gasteiger partial charge in [-0.3, -0.25) is 4.98 Å². The molecule has 0 amide bonds. The molecule has 1 atom stereocenters. The molecule has 0 bridgehead atoms. The van der Waals surface area contributed by atoms with Crippen molar-refractivity contribution in [3.05, 3.63) is 99.8 Å². The van der Waals surface area contributed by atoms with Crippen molar-refractivity contribution < 1.29 is 9.90 Å². The topological polar surface area (TPSA) is 108 Å². The molecule has 0 saturated carbocycles. The summed E-state index contributed by atoms with van der Waals surface area (Å²) in [4.78, 5) is 20.5. The van der Waals surface area contributed by atoms with E-state index in [2.05, 4.69) is 96.7 Å². The lowest BCUT2D eigenvalue weighted by Crippen LogP contribution is -2.25. The summed E-state index contributed by atoms with van der Waals surface area (Å²) in [7, 11) is 0. The minimum atomic E-state index is -0.970. The number of benzene rings is 3. The summed E-state index contributed by atoms with van der Waals surface area (Å²) in [5.41, 5.74) is 7.52. The molecule has 2 heterocycles. The SMILES string of the molecule is CCCN(c1ccncc1C(=O)O)C1c2cccc(Sc3ccc(Br)c(-c4ccccc4-c4nn[nH]n4)c3C)c21. The van der Waals surface area contributed by atoms with E-state index in [1.54, 1.807) is 24.0 Å². The molecule has 1 aliphatic carbocycles. The number of carbonyl (C=O) groups is 1. The Morgan fingerprint density at radius 3 is 2.65 bits per heavy atom. The summed E-state index contributed by atoms with van der Waals surface area (Å²) < 4.78 is 0.986. The molecule has 10 heteroatoms. The Morgan fingerprint density at radius 1 is 1.07 bits per heavy atom. The molecular formula is C30H25BrN6O2S. The van der Waals surface area contributed by atoms with Crippen molar-refractivity contribution in [2.45, 2.75) is 36.1 Å². The number of nitrogens with zero attached hydrogens (tertiary/aromatic N) is 5. The number of hydrogen-bond donors (Lipinski definition) is 2. The second kappa shape index (κ2) is 10.9. The van der Waals surface area contributed by atoms with Crippen molar-refractivity contribution in [3.63, 3.8) is 0 Å². The van der Waals surface area contributed by atoms with Gasteiger partial charge in [0, 0.05) is 44.3 Å². The largest absolute Gasteiger partial charge is 0.478 e. The zero-order valence-corrected chi connectivity index (χ0v) is 24.2. The number of anilines is 1. The molecule has 40 heavy (non-hydrogen) atoms. The maximum absolute atomic E-state index is 12.0. The lowest BCUT2D eigenvalue weighted by atomic mass is 9.95. The fourth-order valence-corrected chi connectivity index (χ4v) is 7.01. The number of carboxylic acid groups (broad SMARTS) is 1. The van der Waals surface area contributed by atoms with E-state index in [0.717, 1.165) is 49.5 Å². The van der Waals surface area contributed by atoms with Gasteiger partial charge in [0.15, 0.2) is 0 Å². The fraction of sp³-hybridized carbons (Fsp3) is 0.167. The summed E-state index contributed by atoms with van der Waals surface area (Å²) >= 11 is 5.52. The number of H-pyrrole nitrogens is 1. The van der Waals surface area contributed by atoms with Crippen LogP contribution in [0.25, 0.3) is 22.5 Å². The molecule has 2 N–H and O–H groups in total. The lowest BCUT2D eigenvalue weighted by molar-refractivity contribution is 0.0697. The molecule has 0 radical (unpaired) electrons. The van der Waals surface area contributed by atoms with Gasteiger partial charge in [-0.25, -0.2) is 4.79 Å². The van der Waals surface area contributed by atoms with Crippen LogP contribution in [0.15, 0.2) is 87.3 Å². The number of halogens is 1. The summed E-state index contributed by atoms with van der Waals surface area (Å²) in [6.07, 6.45) is 3.98. The molecule has 1 unspecified atom stereocenters. The number of pyridine rings is 1. The first-order chi connectivity index (χ1) is 19.5. The maximum Gasteiger partial charge on any atom is 0.339 e. The number of rotatable bonds is 9. The maximum atomic E-state index is 12.0. The first kappa shape index (κ1) is 26.2. The molecule has 5 aromatic rings. The highest BCUT2D eigenvalue weighted by Crippen LogP contribution is 2.54. The van der Waals surface area contributed by atoms with E-state index in [1.807, 2.05) is 18.2 Å². The molecule has 6 rings (SSSR count). The summed E-state index contributed by atoms with van der Waals surface area (Å²) in [6, 6.07) is 20.5. The Morgan fingerprint density at radius 2 is 1.90 bits per heavy atom. The van der Waals surface area contributed by atoms with Gasteiger partial charge < -0.3 is 10.0 Å². The van der Waals surface area contributed by atoms with Gasteiger partial charge in [-0.2, -0.15) is 5.21 Å². The second-order valence-electron chi connectivity index (χ2n) is 9.48. The summed E-state index contributed by atoms with van der Waals surface area (Å²) in [5, 5.41) is 24.5. The summed E-state index contributed by atoms with van der Waals surface area (Å²) in [5.74, 6) is -0.425. The van der Waals surface area contributed by atoms with Gasteiger partial charge >= 0.3 is 5.97 Å². The van der Waals surface area contributed by atoms with Gasteiger partial charge in [-0.1, -0.05) is 71.0 Å². The van der Waals surface area contributed by atoms with Crippen LogP contribution in [-0.4, -0.2) is 43.2 Å². The van der Waals surface area contributed by atoms with Gasteiger partial charge in [-0.15, -0.1) is 10.2 Å². The van der Waals surface area contributed by atoms with Crippen molar-refractivity contribution in [2.75, 3.05) is 11.4 Å². The van der Waals surface area contributed by atoms with Crippen molar-refractivity contribution in [1.82, 2.24) is 25.6 Å². The van der Waals surface area contributed by atoms with E-state index in [9.17, 15) is 9.90 Å². The molecule has 2 aromatic heterocycles. The van der Waals surface area contributed by atoms with Crippen LogP contribution in [0, 0.1) is 6.92 Å². The Labute approximate surface area is 244 Å². The van der Waals surface area contributed by atoms with Crippen molar-refractivity contribution in [1.29, 1.82) is 0 Å². The van der Waals surface area contributed by atoms with Crippen molar-refractivity contribution in [3.8, 4) is 22.5 Å². The number of hydrogen-bond acceptors (Lipinski definition) is 7. The zero-order valence-electron chi connectivity index (χ0n) is 21.8. The van der Waals surface area contributed by atoms with E-state index >= 15 is 0 Å². The normalized spacial score (nSPS) is 13.6. The van der Waals surface area contributed by atoms with Gasteiger partial charge in [0.1, 0.15) is 5.56 Å². The third-order valence-corrected chi connectivity index (χ3v) is 8.96. The van der Waals surface area contributed by atoms with Crippen molar-refractivity contribution in [2.24, 2.45) is 0 Å². The third kappa shape index (κ3) is 4.67. The molecule has 0 spiro atoms. The molecule has 1 aliphatic rings. The highest BCUT2D eigenvalue weighted by molar-refractivity contribution is 9.10. The lowest BCUT2D eigenvalue weighted by Gasteiger charge is -2.26. The van der Waals surface area contributed by atoms with E-state index in [1.165, 1.54) is 17.3 Å². The molecular weight excluding hydrogens is 588 g/mol. The van der Waals surface area contributed by atoms with E-state index in [-0.39, 0.29) is 11.6 Å². The number of aromatic nitrogens is 5. The second-order valence-corrected chi connectivity index (χ2v) is 11.4. The number of carboxylic acids is 1. The third-order valence-electron chi connectivity index (χ3n) is 7.07. The van der Waals surface area contributed by atoms with Crippen LogP contribution >= 0.6 is 27.7 Å². The predicted molar refractivity (Wildman–Crippen MR) is 159 cm³/mol. The van der Waals surface area contributed by atoms with Crippen molar-refractivity contribution >= 4 is 39.3 Å². The fourth-order valence-electron chi connectivity index (χ4n) is 5.25. The van der Waals surface area contributed by atoms with Crippen LogP contribution in [-0.2, 0) is 0 Å². The van der Waals surface area contributed by atoms with E-state index < -0.39 is 5.97 Å². The molecule has 8 nitrogen and oxygen atoms in total. The number of nitrogens with one attached hydrogen (secondary N) is 1. The zero-order chi connectivity index (χ0) is 27.8. The predicted octanol–water partition coefficient (Wildman–Crippen LogP) is 7.17. The first-order valence-electron chi connectivity index (χ1n) is 12.9. The number of aromatic carboxylic acids is 1. The Kier molecular flexibility index (Phi) is 7.12. The number of fused-ring (bicyclic) bond motifs is 1. The van der Waals surface area contributed by atoms with Crippen LogP contribution < -0.4 is 4.90 Å². The standard InChI is InChI=1S/C30H25BrN6O2S/c1-3-15-37(23-13-14-32-16-21(23)30(38)39)28-20-9-6-10-25(27(20)28)40-24-12-11-22(31)26(17(24)2)18-7-4-5-8-19(18)29-33-35-36-34-29/h4-14,16,28H,3,15H2,1-2H3,(H,38,39)(H,33,34,35,36). The van der Waals surface area contributed by atoms with Crippen LogP contribution in [0.5, 0.6) is 0 Å². The average molecular weight is 614 g/mol. The smallest absolute Gasteiger partial charge is 0.339 e. The minimum absolute atomic E-state index is 0.0344. The monoisotopic (exact) mass is 612 g/mol. The average Bonchev–Trinajstić information content (AvgIpc) is 3.43.